The Morgan fingerprint density at radius 3 is 2.90 bits per heavy atom. The molecule has 0 fully saturated rings. The lowest BCUT2D eigenvalue weighted by molar-refractivity contribution is -0.139. The fourth-order valence-corrected chi connectivity index (χ4v) is 1.77. The number of carbonyl (C=O) groups is 1. The highest BCUT2D eigenvalue weighted by Gasteiger charge is 2.04. The highest BCUT2D eigenvalue weighted by atomic mass is 16.5. The van der Waals surface area contributed by atoms with Crippen LogP contribution in [0, 0.1) is 6.92 Å². The average Bonchev–Trinajstić information content (AvgIpc) is 2.45. The van der Waals surface area contributed by atoms with E-state index >= 15 is 0 Å². The molecule has 1 aromatic heterocycles. The Kier molecular flexibility index (Phi) is 4.55. The summed E-state index contributed by atoms with van der Waals surface area (Å²) in [6.07, 6.45) is 3.55. The maximum Gasteiger partial charge on any atom is 0.341 e. The number of nitrogens with zero attached hydrogens (tertiary/aromatic N) is 1. The summed E-state index contributed by atoms with van der Waals surface area (Å²) in [5.74, 6) is -0.400. The van der Waals surface area contributed by atoms with Crippen LogP contribution in [0.1, 0.15) is 11.1 Å². The van der Waals surface area contributed by atoms with Crippen molar-refractivity contribution in [1.29, 1.82) is 0 Å². The topological polar surface area (TPSA) is 71.5 Å². The Hall–Kier alpha value is -2.56. The van der Waals surface area contributed by atoms with Crippen LogP contribution in [0.5, 0.6) is 5.75 Å². The molecule has 5 nitrogen and oxygen atoms in total. The van der Waals surface area contributed by atoms with Crippen LogP contribution in [0.3, 0.4) is 0 Å². The molecular formula is C15H16N2O3. The third kappa shape index (κ3) is 3.98. The Morgan fingerprint density at radius 2 is 2.25 bits per heavy atom. The van der Waals surface area contributed by atoms with E-state index in [1.54, 1.807) is 12.3 Å². The summed E-state index contributed by atoms with van der Waals surface area (Å²) in [4.78, 5) is 14.5. The van der Waals surface area contributed by atoms with E-state index in [1.165, 1.54) is 0 Å². The number of hydrogen-bond donors (Lipinski definition) is 2. The minimum absolute atomic E-state index is 0.330. The molecular weight excluding hydrogens is 256 g/mol. The van der Waals surface area contributed by atoms with Crippen molar-refractivity contribution in [3.8, 4) is 5.75 Å². The van der Waals surface area contributed by atoms with E-state index in [0.717, 1.165) is 16.8 Å². The molecule has 0 radical (unpaired) electrons. The molecule has 0 aliphatic rings. The molecule has 0 saturated heterocycles. The Labute approximate surface area is 117 Å². The number of benzene rings is 1. The summed E-state index contributed by atoms with van der Waals surface area (Å²) in [6.45, 7) is 2.23. The zero-order chi connectivity index (χ0) is 14.4. The van der Waals surface area contributed by atoms with Crippen molar-refractivity contribution in [3.63, 3.8) is 0 Å². The molecule has 1 aromatic carbocycles. The summed E-state index contributed by atoms with van der Waals surface area (Å²) in [5, 5.41) is 11.9. The zero-order valence-electron chi connectivity index (χ0n) is 11.2. The predicted molar refractivity (Wildman–Crippen MR) is 75.9 cm³/mol. The van der Waals surface area contributed by atoms with E-state index in [2.05, 4.69) is 10.3 Å². The van der Waals surface area contributed by atoms with Crippen molar-refractivity contribution < 1.29 is 14.6 Å². The van der Waals surface area contributed by atoms with Crippen LogP contribution in [0.4, 0.5) is 5.69 Å². The number of ether oxygens (including phenoxy) is 1. The van der Waals surface area contributed by atoms with Gasteiger partial charge in [-0.05, 0) is 42.3 Å². The molecule has 0 spiro atoms. The fraction of sp³-hybridized carbons (Fsp3) is 0.200. The van der Waals surface area contributed by atoms with Gasteiger partial charge in [0.1, 0.15) is 5.75 Å². The summed E-state index contributed by atoms with van der Waals surface area (Å²) in [5.41, 5.74) is 2.94. The first-order valence-corrected chi connectivity index (χ1v) is 6.23. The number of anilines is 1. The van der Waals surface area contributed by atoms with Gasteiger partial charge in [-0.2, -0.15) is 0 Å². The highest BCUT2D eigenvalue weighted by molar-refractivity contribution is 5.68. The van der Waals surface area contributed by atoms with Gasteiger partial charge in [-0.3, -0.25) is 4.98 Å². The second kappa shape index (κ2) is 6.56. The number of nitrogens with one attached hydrogen (secondary N) is 1. The fourth-order valence-electron chi connectivity index (χ4n) is 1.77. The third-order valence-corrected chi connectivity index (χ3v) is 2.75. The summed E-state index contributed by atoms with van der Waals surface area (Å²) in [7, 11) is 0. The first kappa shape index (κ1) is 13.9. The normalized spacial score (nSPS) is 10.1. The Morgan fingerprint density at radius 1 is 1.40 bits per heavy atom. The van der Waals surface area contributed by atoms with Crippen LogP contribution >= 0.6 is 0 Å². The van der Waals surface area contributed by atoms with Crippen LogP contribution in [0.25, 0.3) is 0 Å². The minimum atomic E-state index is -0.983. The lowest BCUT2D eigenvalue weighted by Gasteiger charge is -2.11. The van der Waals surface area contributed by atoms with Crippen molar-refractivity contribution >= 4 is 11.7 Å². The van der Waals surface area contributed by atoms with Gasteiger partial charge in [0.15, 0.2) is 6.61 Å². The highest BCUT2D eigenvalue weighted by Crippen LogP contribution is 2.22. The molecule has 2 aromatic rings. The second-order valence-electron chi connectivity index (χ2n) is 4.38. The van der Waals surface area contributed by atoms with E-state index in [4.69, 9.17) is 9.84 Å². The molecule has 20 heavy (non-hydrogen) atoms. The first-order chi connectivity index (χ1) is 9.65. The smallest absolute Gasteiger partial charge is 0.341 e. The third-order valence-electron chi connectivity index (χ3n) is 2.75. The number of aryl methyl sites for hydroxylation is 1. The van der Waals surface area contributed by atoms with Crippen molar-refractivity contribution in [3.05, 3.63) is 53.9 Å². The molecule has 2 rings (SSSR count). The van der Waals surface area contributed by atoms with Gasteiger partial charge in [-0.1, -0.05) is 6.07 Å². The summed E-state index contributed by atoms with van der Waals surface area (Å²) < 4.78 is 5.18. The van der Waals surface area contributed by atoms with Crippen LogP contribution in [-0.2, 0) is 11.3 Å². The molecule has 2 N–H and O–H groups in total. The molecule has 0 bridgehead atoms. The molecule has 1 heterocycles. The Bertz CT molecular complexity index is 585. The van der Waals surface area contributed by atoms with Crippen LogP contribution < -0.4 is 10.1 Å². The van der Waals surface area contributed by atoms with E-state index in [0.29, 0.717) is 12.3 Å². The SMILES string of the molecule is Cc1cc(NCc2cccnc2)ccc1OCC(=O)O. The quantitative estimate of drug-likeness (QED) is 0.845. The van der Waals surface area contributed by atoms with Crippen molar-refractivity contribution in [2.45, 2.75) is 13.5 Å². The number of pyridine rings is 1. The van der Waals surface area contributed by atoms with Crippen LogP contribution in [0.15, 0.2) is 42.7 Å². The average molecular weight is 272 g/mol. The van der Waals surface area contributed by atoms with Crippen molar-refractivity contribution in [2.24, 2.45) is 0 Å². The maximum absolute atomic E-state index is 10.5. The molecule has 104 valence electrons. The van der Waals surface area contributed by atoms with Crippen molar-refractivity contribution in [1.82, 2.24) is 4.98 Å². The molecule has 0 unspecified atom stereocenters. The van der Waals surface area contributed by atoms with Gasteiger partial charge in [-0.15, -0.1) is 0 Å². The summed E-state index contributed by atoms with van der Waals surface area (Å²) in [6, 6.07) is 9.44. The monoisotopic (exact) mass is 272 g/mol. The predicted octanol–water partition coefficient (Wildman–Crippen LogP) is 2.47. The van der Waals surface area contributed by atoms with Crippen LogP contribution in [0.2, 0.25) is 0 Å². The van der Waals surface area contributed by atoms with Gasteiger partial charge in [0.25, 0.3) is 0 Å². The van der Waals surface area contributed by atoms with Gasteiger partial charge in [0.05, 0.1) is 0 Å². The van der Waals surface area contributed by atoms with Gasteiger partial charge >= 0.3 is 5.97 Å². The Balaban J connectivity index is 1.96. The molecule has 0 aliphatic heterocycles. The number of hydrogen-bond acceptors (Lipinski definition) is 4. The van der Waals surface area contributed by atoms with E-state index in [1.807, 2.05) is 37.4 Å². The molecule has 0 atom stereocenters. The second-order valence-corrected chi connectivity index (χ2v) is 4.38. The molecule has 5 heteroatoms. The van der Waals surface area contributed by atoms with Gasteiger partial charge in [0.2, 0.25) is 0 Å². The lowest BCUT2D eigenvalue weighted by Crippen LogP contribution is -2.10. The number of carboxylic acid groups (broad SMARTS) is 1. The molecule has 0 saturated carbocycles. The first-order valence-electron chi connectivity index (χ1n) is 6.23. The van der Waals surface area contributed by atoms with E-state index in [9.17, 15) is 4.79 Å². The van der Waals surface area contributed by atoms with Crippen molar-refractivity contribution in [2.75, 3.05) is 11.9 Å². The standard InChI is InChI=1S/C15H16N2O3/c1-11-7-13(4-5-14(11)20-10-15(18)19)17-9-12-3-2-6-16-8-12/h2-8,17H,9-10H2,1H3,(H,18,19). The van der Waals surface area contributed by atoms with Gasteiger partial charge in [0, 0.05) is 24.6 Å². The largest absolute Gasteiger partial charge is 0.482 e. The maximum atomic E-state index is 10.5. The number of carboxylic acids is 1. The number of aromatic nitrogens is 1. The molecule has 0 amide bonds. The van der Waals surface area contributed by atoms with E-state index in [-0.39, 0.29) is 6.61 Å². The van der Waals surface area contributed by atoms with Crippen LogP contribution in [-0.4, -0.2) is 22.7 Å². The number of rotatable bonds is 6. The lowest BCUT2D eigenvalue weighted by atomic mass is 10.2. The van der Waals surface area contributed by atoms with E-state index < -0.39 is 5.97 Å². The zero-order valence-corrected chi connectivity index (χ0v) is 11.2. The molecule has 0 aliphatic carbocycles. The minimum Gasteiger partial charge on any atom is -0.482 e. The number of aliphatic carboxylic acids is 1. The van der Waals surface area contributed by atoms with Gasteiger partial charge in [-0.25, -0.2) is 4.79 Å². The summed E-state index contributed by atoms with van der Waals surface area (Å²) >= 11 is 0. The van der Waals surface area contributed by atoms with Gasteiger partial charge < -0.3 is 15.2 Å².